The van der Waals surface area contributed by atoms with Gasteiger partial charge in [-0.2, -0.15) is 11.8 Å². The van der Waals surface area contributed by atoms with Crippen LogP contribution in [0.3, 0.4) is 0 Å². The maximum atomic E-state index is 2.77. The van der Waals surface area contributed by atoms with Gasteiger partial charge in [-0.25, -0.2) is 0 Å². The summed E-state index contributed by atoms with van der Waals surface area (Å²) >= 11 is 2.49. The van der Waals surface area contributed by atoms with Crippen molar-refractivity contribution < 1.29 is 0 Å². The summed E-state index contributed by atoms with van der Waals surface area (Å²) in [4.78, 5) is 0. The van der Waals surface area contributed by atoms with Crippen molar-refractivity contribution in [2.45, 2.75) is 116 Å². The van der Waals surface area contributed by atoms with Crippen LogP contribution in [0.25, 0.3) is 0 Å². The molecule has 0 aromatic rings. The van der Waals surface area contributed by atoms with Crippen LogP contribution in [0.2, 0.25) is 0 Å². The van der Waals surface area contributed by atoms with Gasteiger partial charge in [0.1, 0.15) is 0 Å². The van der Waals surface area contributed by atoms with Gasteiger partial charge in [0.15, 0.2) is 0 Å². The van der Waals surface area contributed by atoms with Crippen molar-refractivity contribution in [3.8, 4) is 0 Å². The lowest BCUT2D eigenvalue weighted by Gasteiger charge is -2.60. The highest BCUT2D eigenvalue weighted by Crippen LogP contribution is 2.73. The van der Waals surface area contributed by atoms with Crippen LogP contribution in [-0.2, 0) is 0 Å². The Morgan fingerprint density at radius 3 is 2.39 bits per heavy atom. The van der Waals surface area contributed by atoms with Crippen LogP contribution in [0.1, 0.15) is 105 Å². The molecule has 4 saturated carbocycles. The number of fused-ring (bicyclic) bond motifs is 6. The number of hydrogen-bond acceptors (Lipinski definition) is 1. The molecular formula is C27H46S. The van der Waals surface area contributed by atoms with E-state index in [1.807, 2.05) is 0 Å². The minimum absolute atomic E-state index is 0.666. The summed E-state index contributed by atoms with van der Waals surface area (Å²) in [7, 11) is 0. The van der Waals surface area contributed by atoms with Crippen molar-refractivity contribution in [2.24, 2.45) is 52.3 Å². The second-order valence-corrected chi connectivity index (χ2v) is 14.3. The second-order valence-electron chi connectivity index (χ2n) is 12.8. The largest absolute Gasteiger partial charge is 0.155 e. The molecule has 0 aromatic carbocycles. The zero-order chi connectivity index (χ0) is 19.7. The van der Waals surface area contributed by atoms with E-state index in [1.165, 1.54) is 32.1 Å². The number of rotatable bonds is 5. The first kappa shape index (κ1) is 20.3. The Balaban J connectivity index is 1.36. The van der Waals surface area contributed by atoms with Gasteiger partial charge in [0, 0.05) is 10.5 Å². The van der Waals surface area contributed by atoms with Gasteiger partial charge in [-0.1, -0.05) is 60.3 Å². The van der Waals surface area contributed by atoms with Gasteiger partial charge < -0.3 is 0 Å². The number of hydrogen-bond donors (Lipinski definition) is 0. The Kier molecular flexibility index (Phi) is 5.21. The summed E-state index contributed by atoms with van der Waals surface area (Å²) in [6, 6.07) is 0. The van der Waals surface area contributed by atoms with Crippen molar-refractivity contribution >= 4 is 11.8 Å². The van der Waals surface area contributed by atoms with E-state index in [0.29, 0.717) is 10.8 Å². The van der Waals surface area contributed by atoms with Gasteiger partial charge in [-0.05, 0) is 97.2 Å². The van der Waals surface area contributed by atoms with E-state index in [2.05, 4.69) is 46.4 Å². The fourth-order valence-corrected chi connectivity index (χ4v) is 12.1. The maximum absolute atomic E-state index is 2.77. The Labute approximate surface area is 179 Å². The molecule has 0 N–H and O–H groups in total. The molecule has 10 atom stereocenters. The smallest absolute Gasteiger partial charge is 0.00871 e. The van der Waals surface area contributed by atoms with E-state index in [-0.39, 0.29) is 0 Å². The van der Waals surface area contributed by atoms with Crippen molar-refractivity contribution in [1.29, 1.82) is 0 Å². The van der Waals surface area contributed by atoms with Crippen molar-refractivity contribution in [2.75, 3.05) is 0 Å². The van der Waals surface area contributed by atoms with Crippen LogP contribution in [0, 0.1) is 52.3 Å². The van der Waals surface area contributed by atoms with E-state index in [4.69, 9.17) is 0 Å². The first-order valence-corrected chi connectivity index (χ1v) is 13.9. The van der Waals surface area contributed by atoms with Gasteiger partial charge in [0.2, 0.25) is 0 Å². The molecule has 0 aromatic heterocycles. The zero-order valence-corrected chi connectivity index (χ0v) is 20.2. The standard InChI is InChI=1S/C27H46S/c1-17(2)8-6-9-18(3)19-11-12-20-25-21(13-15-27(19,20)5)26(4)14-7-10-23-22(26)16-24(25)28-23/h17-25H,6-16H2,1-5H3/t18-,19-,20+,21+,22-,23-,24-,25+,26-,27-/m1/s1. The van der Waals surface area contributed by atoms with Gasteiger partial charge in [-0.15, -0.1) is 0 Å². The minimum Gasteiger partial charge on any atom is -0.155 e. The highest BCUT2D eigenvalue weighted by atomic mass is 32.2. The van der Waals surface area contributed by atoms with Crippen LogP contribution in [0.15, 0.2) is 0 Å². The molecule has 1 saturated heterocycles. The predicted molar refractivity (Wildman–Crippen MR) is 124 cm³/mol. The SMILES string of the molecule is CC(C)CCC[C@@H](C)[C@H]1CC[C@H]2[C@@H]3[C@H]4C[C@@H]5[C@@H](CCC[C@]5(C)[C@H]3CC[C@]12C)S4. The molecule has 0 radical (unpaired) electrons. The molecule has 160 valence electrons. The maximum Gasteiger partial charge on any atom is 0.00871 e. The fraction of sp³-hybridized carbons (Fsp3) is 1.00. The fourth-order valence-electron chi connectivity index (χ4n) is 9.82. The van der Waals surface area contributed by atoms with Crippen LogP contribution in [0.4, 0.5) is 0 Å². The Hall–Kier alpha value is 0.350. The lowest BCUT2D eigenvalue weighted by atomic mass is 9.44. The molecular weight excluding hydrogens is 356 g/mol. The van der Waals surface area contributed by atoms with E-state index in [0.717, 1.165) is 51.9 Å². The molecule has 5 rings (SSSR count). The lowest BCUT2D eigenvalue weighted by molar-refractivity contribution is -0.102. The summed E-state index contributed by atoms with van der Waals surface area (Å²) in [6.45, 7) is 12.9. The molecule has 0 spiro atoms. The third-order valence-electron chi connectivity index (χ3n) is 11.1. The molecule has 5 aliphatic rings. The highest BCUT2D eigenvalue weighted by molar-refractivity contribution is 8.00. The van der Waals surface area contributed by atoms with Gasteiger partial charge in [0.25, 0.3) is 0 Å². The number of thioether (sulfide) groups is 1. The molecule has 0 amide bonds. The zero-order valence-electron chi connectivity index (χ0n) is 19.4. The second kappa shape index (κ2) is 7.20. The van der Waals surface area contributed by atoms with Gasteiger partial charge in [-0.3, -0.25) is 0 Å². The van der Waals surface area contributed by atoms with Crippen LogP contribution in [-0.4, -0.2) is 10.5 Å². The average molecular weight is 403 g/mol. The lowest BCUT2D eigenvalue weighted by Crippen LogP contribution is -2.55. The van der Waals surface area contributed by atoms with Crippen molar-refractivity contribution in [3.05, 3.63) is 0 Å². The summed E-state index contributed by atoms with van der Waals surface area (Å²) < 4.78 is 0. The normalized spacial score (nSPS) is 53.1. The molecule has 1 heteroatoms. The molecule has 2 bridgehead atoms. The molecule has 4 aliphatic carbocycles. The Morgan fingerprint density at radius 2 is 1.61 bits per heavy atom. The summed E-state index contributed by atoms with van der Waals surface area (Å²) in [5.41, 5.74) is 1.37. The molecule has 1 heterocycles. The third-order valence-corrected chi connectivity index (χ3v) is 12.9. The first-order chi connectivity index (χ1) is 13.3. The Bertz CT molecular complexity index is 583. The van der Waals surface area contributed by atoms with Crippen LogP contribution >= 0.6 is 11.8 Å². The van der Waals surface area contributed by atoms with Gasteiger partial charge >= 0.3 is 0 Å². The van der Waals surface area contributed by atoms with E-state index < -0.39 is 0 Å². The first-order valence-electron chi connectivity index (χ1n) is 13.0. The predicted octanol–water partition coefficient (Wildman–Crippen LogP) is 8.20. The van der Waals surface area contributed by atoms with Crippen LogP contribution < -0.4 is 0 Å². The molecule has 0 nitrogen and oxygen atoms in total. The summed E-state index contributed by atoms with van der Waals surface area (Å²) in [6.07, 6.45) is 16.8. The van der Waals surface area contributed by atoms with E-state index in [1.54, 1.807) is 38.5 Å². The monoisotopic (exact) mass is 402 g/mol. The van der Waals surface area contributed by atoms with Crippen molar-refractivity contribution in [3.63, 3.8) is 0 Å². The van der Waals surface area contributed by atoms with Crippen LogP contribution in [0.5, 0.6) is 0 Å². The summed E-state index contributed by atoms with van der Waals surface area (Å²) in [5.74, 6) is 7.12. The average Bonchev–Trinajstić information content (AvgIpc) is 3.21. The third kappa shape index (κ3) is 2.90. The molecule has 1 aliphatic heterocycles. The summed E-state index contributed by atoms with van der Waals surface area (Å²) in [5, 5.41) is 2.07. The van der Waals surface area contributed by atoms with Crippen molar-refractivity contribution in [1.82, 2.24) is 0 Å². The van der Waals surface area contributed by atoms with E-state index >= 15 is 0 Å². The van der Waals surface area contributed by atoms with E-state index in [9.17, 15) is 0 Å². The van der Waals surface area contributed by atoms with Gasteiger partial charge in [0.05, 0.1) is 0 Å². The molecule has 0 unspecified atom stereocenters. The Morgan fingerprint density at radius 1 is 0.821 bits per heavy atom. The quantitative estimate of drug-likeness (QED) is 0.446. The highest BCUT2D eigenvalue weighted by Gasteiger charge is 2.66. The topological polar surface area (TPSA) is 0 Å². The molecule has 5 fully saturated rings. The minimum atomic E-state index is 0.666. The molecule has 28 heavy (non-hydrogen) atoms.